The predicted octanol–water partition coefficient (Wildman–Crippen LogP) is -6.03. The second kappa shape index (κ2) is 5.20. The summed E-state index contributed by atoms with van der Waals surface area (Å²) in [5.41, 5.74) is 0. The van der Waals surface area contributed by atoms with Crippen molar-refractivity contribution in [2.24, 2.45) is 0 Å². The van der Waals surface area contributed by atoms with E-state index in [2.05, 4.69) is 9.47 Å². The molecular weight excluding hydrogens is 328 g/mol. The van der Waals surface area contributed by atoms with Gasteiger partial charge in [-0.2, -0.15) is 0 Å². The molecule has 0 aliphatic heterocycles. The standard InChI is InChI=1S/C10H18O13/c1-3(4(2)23-10(19,20)21)22-5-6(11,12)8(15,16)9(17,18)7(5,13)14/h5,11-21H,1-2H3. The van der Waals surface area contributed by atoms with Crippen LogP contribution < -0.4 is 0 Å². The second-order valence-corrected chi connectivity index (χ2v) is 5.08. The maximum atomic E-state index is 9.60. The highest BCUT2D eigenvalue weighted by Gasteiger charge is 2.85. The van der Waals surface area contributed by atoms with Gasteiger partial charge in [0, 0.05) is 0 Å². The molecule has 0 aromatic heterocycles. The van der Waals surface area contributed by atoms with Crippen LogP contribution in [0.3, 0.4) is 0 Å². The molecule has 0 unspecified atom stereocenters. The summed E-state index contributed by atoms with van der Waals surface area (Å²) < 4.78 is 8.70. The molecule has 136 valence electrons. The molecular formula is C10H18O13. The lowest BCUT2D eigenvalue weighted by molar-refractivity contribution is -0.452. The third-order valence-corrected chi connectivity index (χ3v) is 3.32. The van der Waals surface area contributed by atoms with Gasteiger partial charge in [0.25, 0.3) is 23.1 Å². The highest BCUT2D eigenvalue weighted by molar-refractivity contribution is 5.18. The number of allylic oxidation sites excluding steroid dienone is 2. The van der Waals surface area contributed by atoms with E-state index >= 15 is 0 Å². The van der Waals surface area contributed by atoms with Crippen molar-refractivity contribution in [2.75, 3.05) is 0 Å². The predicted molar refractivity (Wildman–Crippen MR) is 62.4 cm³/mol. The van der Waals surface area contributed by atoms with E-state index in [9.17, 15) is 40.9 Å². The molecule has 13 heteroatoms. The summed E-state index contributed by atoms with van der Waals surface area (Å²) in [7, 11) is 0. The maximum absolute atomic E-state index is 9.60. The fourth-order valence-electron chi connectivity index (χ4n) is 1.86. The van der Waals surface area contributed by atoms with Crippen LogP contribution in [0.2, 0.25) is 0 Å². The zero-order chi connectivity index (χ0) is 18.6. The van der Waals surface area contributed by atoms with Gasteiger partial charge < -0.3 is 65.6 Å². The molecule has 0 aromatic rings. The van der Waals surface area contributed by atoms with Gasteiger partial charge in [0.15, 0.2) is 0 Å². The minimum Gasteiger partial charge on any atom is -0.480 e. The summed E-state index contributed by atoms with van der Waals surface area (Å²) >= 11 is 0. The molecule has 0 atom stereocenters. The van der Waals surface area contributed by atoms with Crippen molar-refractivity contribution >= 4 is 0 Å². The Hall–Kier alpha value is -1.10. The molecule has 0 saturated heterocycles. The Morgan fingerprint density at radius 2 is 1.09 bits per heavy atom. The van der Waals surface area contributed by atoms with Gasteiger partial charge in [0.2, 0.25) is 6.10 Å². The normalized spacial score (nSPS) is 26.7. The number of rotatable bonds is 4. The maximum Gasteiger partial charge on any atom is 0.452 e. The monoisotopic (exact) mass is 346 g/mol. The molecule has 0 spiro atoms. The van der Waals surface area contributed by atoms with Crippen LogP contribution in [0, 0.1) is 0 Å². The first-order valence-corrected chi connectivity index (χ1v) is 5.89. The van der Waals surface area contributed by atoms with Gasteiger partial charge in [-0.05, 0) is 13.8 Å². The Balaban J connectivity index is 3.25. The third kappa shape index (κ3) is 2.88. The van der Waals surface area contributed by atoms with Crippen LogP contribution >= 0.6 is 0 Å². The molecule has 1 aliphatic carbocycles. The largest absolute Gasteiger partial charge is 0.480 e. The van der Waals surface area contributed by atoms with Crippen molar-refractivity contribution in [3.05, 3.63) is 11.5 Å². The first kappa shape index (κ1) is 19.9. The summed E-state index contributed by atoms with van der Waals surface area (Å²) in [6, 6.07) is 0. The van der Waals surface area contributed by atoms with Gasteiger partial charge in [0.1, 0.15) is 11.5 Å². The van der Waals surface area contributed by atoms with Crippen LogP contribution in [0.4, 0.5) is 0 Å². The van der Waals surface area contributed by atoms with Gasteiger partial charge in [-0.1, -0.05) is 0 Å². The van der Waals surface area contributed by atoms with E-state index < -0.39 is 46.9 Å². The molecule has 1 aliphatic rings. The van der Waals surface area contributed by atoms with Gasteiger partial charge in [-0.25, -0.2) is 0 Å². The molecule has 23 heavy (non-hydrogen) atoms. The fraction of sp³-hybridized carbons (Fsp3) is 0.800. The molecule has 0 amide bonds. The molecule has 1 saturated carbocycles. The van der Waals surface area contributed by atoms with Crippen molar-refractivity contribution in [1.29, 1.82) is 0 Å². The van der Waals surface area contributed by atoms with Crippen molar-refractivity contribution in [3.8, 4) is 0 Å². The van der Waals surface area contributed by atoms with Crippen LogP contribution in [0.15, 0.2) is 11.5 Å². The van der Waals surface area contributed by atoms with Gasteiger partial charge in [0.05, 0.1) is 0 Å². The van der Waals surface area contributed by atoms with Crippen molar-refractivity contribution in [2.45, 2.75) is 49.3 Å². The van der Waals surface area contributed by atoms with E-state index in [1.807, 2.05) is 0 Å². The number of hydrogen-bond acceptors (Lipinski definition) is 13. The van der Waals surface area contributed by atoms with Crippen molar-refractivity contribution < 1.29 is 65.6 Å². The molecule has 0 bridgehead atoms. The lowest BCUT2D eigenvalue weighted by Crippen LogP contribution is -2.66. The Labute approximate surface area is 127 Å². The van der Waals surface area contributed by atoms with Crippen LogP contribution in [0.5, 0.6) is 0 Å². The van der Waals surface area contributed by atoms with Crippen LogP contribution in [-0.4, -0.2) is 91.6 Å². The SMILES string of the molecule is CC(OC1C(O)(O)C(O)(O)C(O)(O)C1(O)O)=C(C)OC(O)(O)O. The molecule has 0 radical (unpaired) electrons. The summed E-state index contributed by atoms with van der Waals surface area (Å²) in [5.74, 6) is -17.9. The lowest BCUT2D eigenvalue weighted by Gasteiger charge is -2.34. The second-order valence-electron chi connectivity index (χ2n) is 5.08. The Morgan fingerprint density at radius 1 is 0.739 bits per heavy atom. The van der Waals surface area contributed by atoms with Crippen LogP contribution in [0.25, 0.3) is 0 Å². The molecule has 1 rings (SSSR count). The molecule has 1 fully saturated rings. The van der Waals surface area contributed by atoms with Crippen molar-refractivity contribution in [3.63, 3.8) is 0 Å². The first-order valence-electron chi connectivity index (χ1n) is 5.89. The van der Waals surface area contributed by atoms with Gasteiger partial charge >= 0.3 is 6.16 Å². The fourth-order valence-corrected chi connectivity index (χ4v) is 1.86. The first-order chi connectivity index (χ1) is 9.89. The van der Waals surface area contributed by atoms with E-state index in [1.165, 1.54) is 0 Å². The molecule has 0 heterocycles. The van der Waals surface area contributed by atoms with Crippen molar-refractivity contribution in [1.82, 2.24) is 0 Å². The van der Waals surface area contributed by atoms with Gasteiger partial charge in [-0.15, -0.1) is 0 Å². The van der Waals surface area contributed by atoms with E-state index in [0.717, 1.165) is 13.8 Å². The smallest absolute Gasteiger partial charge is 0.452 e. The number of hydrogen-bond donors (Lipinski definition) is 11. The molecule has 0 aromatic carbocycles. The quantitative estimate of drug-likeness (QED) is 0.168. The average molecular weight is 346 g/mol. The summed E-state index contributed by atoms with van der Waals surface area (Å²) in [6.07, 6.45) is -6.53. The Bertz CT molecular complexity index is 471. The Morgan fingerprint density at radius 3 is 1.39 bits per heavy atom. The summed E-state index contributed by atoms with van der Waals surface area (Å²) in [5, 5.41) is 102. The third-order valence-electron chi connectivity index (χ3n) is 3.32. The van der Waals surface area contributed by atoms with E-state index in [-0.39, 0.29) is 0 Å². The van der Waals surface area contributed by atoms with Gasteiger partial charge in [-0.3, -0.25) is 0 Å². The highest BCUT2D eigenvalue weighted by atomic mass is 16.9. The lowest BCUT2D eigenvalue weighted by atomic mass is 10.1. The topological polar surface area (TPSA) is 241 Å². The average Bonchev–Trinajstić information content (AvgIpc) is 2.37. The molecule has 11 N–H and O–H groups in total. The summed E-state index contributed by atoms with van der Waals surface area (Å²) in [4.78, 5) is 0. The van der Waals surface area contributed by atoms with E-state index in [1.54, 1.807) is 0 Å². The Kier molecular flexibility index (Phi) is 4.51. The van der Waals surface area contributed by atoms with E-state index in [0.29, 0.717) is 0 Å². The minimum absolute atomic E-state index is 0.640. The van der Waals surface area contributed by atoms with Crippen LogP contribution in [-0.2, 0) is 9.47 Å². The molecule has 13 nitrogen and oxygen atoms in total. The zero-order valence-corrected chi connectivity index (χ0v) is 11.8. The number of ether oxygens (including phenoxy) is 2. The van der Waals surface area contributed by atoms with Crippen LogP contribution in [0.1, 0.15) is 13.8 Å². The van der Waals surface area contributed by atoms with E-state index in [4.69, 9.17) is 15.3 Å². The highest BCUT2D eigenvalue weighted by Crippen LogP contribution is 2.49. The minimum atomic E-state index is -4.27. The summed E-state index contributed by atoms with van der Waals surface area (Å²) in [6.45, 7) is 1.88. The number of aliphatic hydroxyl groups is 11. The zero-order valence-electron chi connectivity index (χ0n) is 11.8.